The number of nitrogens with zero attached hydrogens (tertiary/aromatic N) is 2. The predicted molar refractivity (Wildman–Crippen MR) is 214 cm³/mol. The SMILES string of the molecule is Cc1ccc2c3c(ccc2c1)[N+](CCS(=O)(=O)O)=C(/C=C/C=C/C=C/C=C1/N(CCS(=O)(=O)O)c2ccc4cc(S(=O)(=O)O)ccc4c2C1(C)C)C3(C)C. The first-order valence-corrected chi connectivity index (χ1v) is 21.9. The Hall–Kier alpha value is -4.44. The standard InChI is InChI=1S/C40H42N2O9S3/c1-27-13-17-31-28(25-27)14-19-33-37(31)39(2,3)35(41(33)21-23-52(43,44)45)11-9-7-6-8-10-12-36-40(4,5)38-32-18-16-30(54(49,50)51)26-29(32)15-20-34(38)42(36)22-24-53(46,47)48/h6-20,25-26H,21-24H2,1-5H3,(H2-,43,44,45,46,47,48,49,50,51)/p+1. The molecule has 0 saturated carbocycles. The average molecular weight is 792 g/mol. The van der Waals surface area contributed by atoms with E-state index in [1.807, 2.05) is 84.9 Å². The van der Waals surface area contributed by atoms with Gasteiger partial charge in [0.1, 0.15) is 5.75 Å². The van der Waals surface area contributed by atoms with E-state index in [1.165, 1.54) is 12.1 Å². The number of anilines is 1. The van der Waals surface area contributed by atoms with Crippen LogP contribution in [0.1, 0.15) is 44.4 Å². The summed E-state index contributed by atoms with van der Waals surface area (Å²) < 4.78 is 102. The largest absolute Gasteiger partial charge is 0.343 e. The monoisotopic (exact) mass is 791 g/mol. The van der Waals surface area contributed by atoms with Crippen LogP contribution in [0.3, 0.4) is 0 Å². The summed E-state index contributed by atoms with van der Waals surface area (Å²) in [6.07, 6.45) is 13.0. The second-order valence-electron chi connectivity index (χ2n) is 14.7. The normalized spacial score (nSPS) is 18.0. The smallest absolute Gasteiger partial charge is 0.294 e. The van der Waals surface area contributed by atoms with E-state index >= 15 is 0 Å². The fraction of sp³-hybridized carbons (Fsp3) is 0.275. The van der Waals surface area contributed by atoms with Gasteiger partial charge < -0.3 is 4.90 Å². The zero-order valence-electron chi connectivity index (χ0n) is 30.6. The van der Waals surface area contributed by atoms with Crippen molar-refractivity contribution >= 4 is 69.0 Å². The van der Waals surface area contributed by atoms with Crippen LogP contribution in [0.5, 0.6) is 0 Å². The number of hydrogen-bond acceptors (Lipinski definition) is 7. The first-order chi connectivity index (χ1) is 25.1. The molecule has 3 N–H and O–H groups in total. The maximum absolute atomic E-state index is 11.8. The number of benzene rings is 4. The third-order valence-corrected chi connectivity index (χ3v) is 12.5. The molecule has 284 valence electrons. The summed E-state index contributed by atoms with van der Waals surface area (Å²) in [6, 6.07) is 18.1. The fourth-order valence-electron chi connectivity index (χ4n) is 7.83. The molecule has 0 radical (unpaired) electrons. The summed E-state index contributed by atoms with van der Waals surface area (Å²) in [7, 11) is -12.9. The lowest BCUT2D eigenvalue weighted by molar-refractivity contribution is -0.432. The van der Waals surface area contributed by atoms with Crippen molar-refractivity contribution in [3.63, 3.8) is 0 Å². The Morgan fingerprint density at radius 2 is 1.30 bits per heavy atom. The third kappa shape index (κ3) is 7.72. The van der Waals surface area contributed by atoms with Crippen molar-refractivity contribution in [1.82, 2.24) is 0 Å². The Kier molecular flexibility index (Phi) is 10.2. The van der Waals surface area contributed by atoms with Crippen molar-refractivity contribution < 1.29 is 43.5 Å². The quantitative estimate of drug-likeness (QED) is 0.0813. The van der Waals surface area contributed by atoms with Gasteiger partial charge in [0.25, 0.3) is 30.4 Å². The van der Waals surface area contributed by atoms with E-state index in [2.05, 4.69) is 32.0 Å². The van der Waals surface area contributed by atoms with Gasteiger partial charge in [0.2, 0.25) is 5.69 Å². The summed E-state index contributed by atoms with van der Waals surface area (Å²) in [5.41, 5.74) is 5.14. The van der Waals surface area contributed by atoms with E-state index in [0.29, 0.717) is 11.1 Å². The van der Waals surface area contributed by atoms with Gasteiger partial charge in [0, 0.05) is 41.1 Å². The van der Waals surface area contributed by atoms with Crippen LogP contribution < -0.4 is 4.90 Å². The molecule has 0 saturated heterocycles. The molecule has 0 bridgehead atoms. The third-order valence-electron chi connectivity index (χ3n) is 10.2. The molecule has 0 spiro atoms. The number of rotatable bonds is 11. The van der Waals surface area contributed by atoms with Crippen molar-refractivity contribution in [2.24, 2.45) is 0 Å². The summed E-state index contributed by atoms with van der Waals surface area (Å²) >= 11 is 0. The van der Waals surface area contributed by atoms with Crippen molar-refractivity contribution in [3.05, 3.63) is 126 Å². The minimum atomic E-state index is -4.42. The maximum atomic E-state index is 11.8. The molecule has 0 unspecified atom stereocenters. The van der Waals surface area contributed by atoms with Crippen molar-refractivity contribution in [2.45, 2.75) is 50.3 Å². The van der Waals surface area contributed by atoms with Crippen LogP contribution >= 0.6 is 0 Å². The Morgan fingerprint density at radius 3 is 1.98 bits per heavy atom. The molecule has 0 amide bonds. The second-order valence-corrected chi connectivity index (χ2v) is 19.3. The van der Waals surface area contributed by atoms with Gasteiger partial charge in [0.05, 0.1) is 16.1 Å². The molecule has 2 heterocycles. The summed E-state index contributed by atoms with van der Waals surface area (Å²) in [4.78, 5) is 1.60. The van der Waals surface area contributed by atoms with Gasteiger partial charge in [-0.3, -0.25) is 13.7 Å². The number of hydrogen-bond donors (Lipinski definition) is 3. The van der Waals surface area contributed by atoms with Crippen LogP contribution in [0, 0.1) is 6.92 Å². The van der Waals surface area contributed by atoms with E-state index in [9.17, 15) is 38.9 Å². The molecule has 0 atom stereocenters. The van der Waals surface area contributed by atoms with Gasteiger partial charge in [-0.1, -0.05) is 80.1 Å². The van der Waals surface area contributed by atoms with Crippen LogP contribution in [0.2, 0.25) is 0 Å². The van der Waals surface area contributed by atoms with Crippen molar-refractivity contribution in [3.8, 4) is 0 Å². The Balaban J connectivity index is 1.31. The number of aryl methyl sites for hydroxylation is 1. The highest BCUT2D eigenvalue weighted by Gasteiger charge is 2.46. The lowest BCUT2D eigenvalue weighted by Crippen LogP contribution is -2.30. The molecule has 6 rings (SSSR count). The molecular weight excluding hydrogens is 749 g/mol. The van der Waals surface area contributed by atoms with Crippen molar-refractivity contribution in [2.75, 3.05) is 29.5 Å². The van der Waals surface area contributed by atoms with Crippen LogP contribution in [0.25, 0.3) is 21.5 Å². The molecule has 0 fully saturated rings. The van der Waals surface area contributed by atoms with Crippen molar-refractivity contribution in [1.29, 1.82) is 0 Å². The number of fused-ring (bicyclic) bond motifs is 6. The summed E-state index contributed by atoms with van der Waals surface area (Å²) in [5.74, 6) is -0.939. The lowest BCUT2D eigenvalue weighted by Gasteiger charge is -2.26. The minimum absolute atomic E-state index is 0.0259. The van der Waals surface area contributed by atoms with Gasteiger partial charge in [0.15, 0.2) is 12.3 Å². The van der Waals surface area contributed by atoms with E-state index in [0.717, 1.165) is 49.9 Å². The molecule has 4 aromatic carbocycles. The molecule has 2 aliphatic heterocycles. The molecule has 2 aliphatic rings. The molecular formula is C40H43N2O9S3+. The predicted octanol–water partition coefficient (Wildman–Crippen LogP) is 7.05. The highest BCUT2D eigenvalue weighted by Crippen LogP contribution is 2.51. The molecule has 0 aliphatic carbocycles. The van der Waals surface area contributed by atoms with Crippen LogP contribution in [-0.2, 0) is 41.2 Å². The van der Waals surface area contributed by atoms with E-state index < -0.39 is 52.7 Å². The lowest BCUT2D eigenvalue weighted by atomic mass is 9.79. The molecule has 0 aromatic heterocycles. The highest BCUT2D eigenvalue weighted by molar-refractivity contribution is 7.86. The van der Waals surface area contributed by atoms with E-state index in [4.69, 9.17) is 0 Å². The Morgan fingerprint density at radius 1 is 0.685 bits per heavy atom. The molecule has 4 aromatic rings. The van der Waals surface area contributed by atoms with Gasteiger partial charge in [-0.05, 0) is 78.2 Å². The van der Waals surface area contributed by atoms with Gasteiger partial charge >= 0.3 is 0 Å². The van der Waals surface area contributed by atoms with Crippen LogP contribution in [-0.4, -0.2) is 73.8 Å². The molecule has 11 nitrogen and oxygen atoms in total. The van der Waals surface area contributed by atoms with Gasteiger partial charge in [-0.25, -0.2) is 0 Å². The van der Waals surface area contributed by atoms with E-state index in [-0.39, 0.29) is 18.0 Å². The first kappa shape index (κ1) is 39.3. The Labute approximate surface area is 316 Å². The molecule has 54 heavy (non-hydrogen) atoms. The Bertz CT molecular complexity index is 2710. The maximum Gasteiger partial charge on any atom is 0.294 e. The second kappa shape index (κ2) is 14.0. The number of allylic oxidation sites excluding steroid dienone is 8. The van der Waals surface area contributed by atoms with Crippen LogP contribution in [0.4, 0.5) is 11.4 Å². The van der Waals surface area contributed by atoms with Crippen LogP contribution in [0.15, 0.2) is 114 Å². The topological polar surface area (TPSA) is 169 Å². The minimum Gasteiger partial charge on any atom is -0.343 e. The highest BCUT2D eigenvalue weighted by atomic mass is 32.2. The first-order valence-electron chi connectivity index (χ1n) is 17.2. The zero-order chi connectivity index (χ0) is 39.4. The summed E-state index contributed by atoms with van der Waals surface area (Å²) in [5, 5.41) is 3.49. The van der Waals surface area contributed by atoms with Gasteiger partial charge in [-0.2, -0.15) is 29.8 Å². The fourth-order valence-corrected chi connectivity index (χ4v) is 9.17. The van der Waals surface area contributed by atoms with Gasteiger partial charge in [-0.15, -0.1) is 0 Å². The molecule has 14 heteroatoms. The zero-order valence-corrected chi connectivity index (χ0v) is 33.0. The summed E-state index contributed by atoms with van der Waals surface area (Å²) in [6.45, 7) is 10.2. The average Bonchev–Trinajstić information content (AvgIpc) is 3.42. The van der Waals surface area contributed by atoms with E-state index in [1.54, 1.807) is 18.2 Å².